The van der Waals surface area contributed by atoms with Crippen LogP contribution in [0.15, 0.2) is 90.5 Å². The number of phenols is 1. The summed E-state index contributed by atoms with van der Waals surface area (Å²) in [5, 5.41) is 51.7. The number of anilines is 6. The largest absolute Gasteiger partial charge is 0.505 e. The normalized spacial score (nSPS) is 13.1. The highest BCUT2D eigenvalue weighted by Gasteiger charge is 2.24. The summed E-state index contributed by atoms with van der Waals surface area (Å²) in [5.74, 6) is -2.24. The monoisotopic (exact) mass is 1000 g/mol. The van der Waals surface area contributed by atoms with Gasteiger partial charge in [0, 0.05) is 48.8 Å². The molecule has 32 heteroatoms. The zero-order valence-electron chi connectivity index (χ0n) is 32.7. The number of carbonyl (C=O) groups excluding carboxylic acids is 2. The van der Waals surface area contributed by atoms with Gasteiger partial charge in [-0.1, -0.05) is 16.1 Å². The summed E-state index contributed by atoms with van der Waals surface area (Å²) in [6.07, 6.45) is 0. The van der Waals surface area contributed by atoms with E-state index in [1.165, 1.54) is 6.07 Å². The molecule has 27 nitrogen and oxygen atoms in total. The van der Waals surface area contributed by atoms with E-state index in [-0.39, 0.29) is 68.2 Å². The lowest BCUT2D eigenvalue weighted by Crippen LogP contribution is -2.37. The summed E-state index contributed by atoms with van der Waals surface area (Å²) in [6, 6.07) is 13.0. The second-order valence-electron chi connectivity index (χ2n) is 12.5. The Morgan fingerprint density at radius 1 is 0.862 bits per heavy atom. The van der Waals surface area contributed by atoms with Gasteiger partial charge in [-0.05, 0) is 60.0 Å². The number of azo groups is 1. The van der Waals surface area contributed by atoms with Gasteiger partial charge in [0.1, 0.15) is 22.0 Å². The molecule has 5 aromatic rings. The highest BCUT2D eigenvalue weighted by Crippen LogP contribution is 2.47. The zero-order chi connectivity index (χ0) is 46.0. The second-order valence-corrected chi connectivity index (χ2v) is 17.5. The summed E-state index contributed by atoms with van der Waals surface area (Å²) in [5.41, 5.74) is -0.729. The van der Waals surface area contributed by atoms with Crippen molar-refractivity contribution < 1.29 is 84.3 Å². The number of carbonyl (C=O) groups is 2. The Kier molecular flexibility index (Phi) is 17.5. The molecule has 0 unspecified atom stereocenters. The number of fused-ring (bicyclic) bond motifs is 1. The van der Waals surface area contributed by atoms with E-state index < -0.39 is 59.0 Å². The predicted molar refractivity (Wildman–Crippen MR) is 230 cm³/mol. The Labute approximate surface area is 379 Å². The number of rotatable bonds is 19. The fraction of sp³-hybridized carbons (Fsp3) is 0.182. The van der Waals surface area contributed by atoms with Gasteiger partial charge in [-0.15, -0.1) is 18.9 Å². The molecule has 1 aliphatic rings. The van der Waals surface area contributed by atoms with Crippen molar-refractivity contribution in [3.05, 3.63) is 60.7 Å². The number of amides is 1. The topological polar surface area (TPSA) is 393 Å². The maximum atomic E-state index is 12.5. The molecule has 0 bridgehead atoms. The van der Waals surface area contributed by atoms with Crippen molar-refractivity contribution in [2.24, 2.45) is 10.2 Å². The third-order valence-corrected chi connectivity index (χ3v) is 11.7. The van der Waals surface area contributed by atoms with Crippen LogP contribution in [0.4, 0.5) is 46.3 Å². The first-order valence-electron chi connectivity index (χ1n) is 17.5. The van der Waals surface area contributed by atoms with Crippen molar-refractivity contribution in [1.29, 1.82) is 0 Å². The van der Waals surface area contributed by atoms with Crippen LogP contribution in [0.25, 0.3) is 10.8 Å². The molecule has 0 saturated carbocycles. The second kappa shape index (κ2) is 22.6. The third kappa shape index (κ3) is 13.7. The van der Waals surface area contributed by atoms with Gasteiger partial charge in [-0.2, -0.15) is 31.8 Å². The van der Waals surface area contributed by atoms with Gasteiger partial charge in [0.15, 0.2) is 5.75 Å². The first kappa shape index (κ1) is 50.4. The van der Waals surface area contributed by atoms with Crippen LogP contribution in [-0.2, 0) is 57.5 Å². The van der Waals surface area contributed by atoms with Gasteiger partial charge in [0.05, 0.1) is 57.7 Å². The fourth-order valence-corrected chi connectivity index (χ4v) is 8.10. The molecule has 65 heavy (non-hydrogen) atoms. The fourth-order valence-electron chi connectivity index (χ4n) is 5.58. The van der Waals surface area contributed by atoms with Crippen LogP contribution in [-0.4, -0.2) is 106 Å². The van der Waals surface area contributed by atoms with E-state index in [1.54, 1.807) is 24.3 Å². The van der Waals surface area contributed by atoms with Crippen LogP contribution in [0.1, 0.15) is 6.92 Å². The number of aromatic nitrogens is 3. The number of ether oxygens (including phenoxy) is 1. The zero-order valence-corrected chi connectivity index (χ0v) is 36.8. The number of hydrogen-bond acceptors (Lipinski definition) is 26. The Balaban J connectivity index is 0.00000793. The van der Waals surface area contributed by atoms with Gasteiger partial charge >= 0.3 is 5.97 Å². The SMILES string of the molecule is CC(=O)Nc1cc(S(=O)(=O)O)cc2cc(SOOO)c(N=Nc3cc(Nc4nc(Nc5cccc(SOC(=O)CSOOO)c5)nc(N5CCOCC5)n4)ccc3S(=O)(=O)O)c(O)c12.O. The molecule has 0 atom stereocenters. The van der Waals surface area contributed by atoms with E-state index in [0.29, 0.717) is 48.9 Å². The summed E-state index contributed by atoms with van der Waals surface area (Å²) >= 11 is 1.50. The van der Waals surface area contributed by atoms with Gasteiger partial charge in [0.25, 0.3) is 20.2 Å². The van der Waals surface area contributed by atoms with Crippen LogP contribution >= 0.6 is 36.1 Å². The van der Waals surface area contributed by atoms with E-state index in [9.17, 15) is 40.6 Å². The lowest BCUT2D eigenvalue weighted by molar-refractivity contribution is -0.432. The molecule has 10 N–H and O–H groups in total. The molecule has 1 amide bonds. The smallest absolute Gasteiger partial charge is 0.330 e. The average molecular weight is 1000 g/mol. The minimum atomic E-state index is -4.99. The van der Waals surface area contributed by atoms with Crippen molar-refractivity contribution >= 4 is 125 Å². The highest BCUT2D eigenvalue weighted by molar-refractivity contribution is 7.96. The van der Waals surface area contributed by atoms with E-state index in [1.807, 2.05) is 4.90 Å². The van der Waals surface area contributed by atoms with Crippen molar-refractivity contribution in [2.75, 3.05) is 52.9 Å². The molecular formula is C33H33N9O18S5. The number of benzene rings is 4. The molecular weight excluding hydrogens is 971 g/mol. The molecule has 0 radical (unpaired) electrons. The Morgan fingerprint density at radius 3 is 2.20 bits per heavy atom. The molecule has 6 rings (SSSR count). The number of aromatic hydroxyl groups is 1. The van der Waals surface area contributed by atoms with Gasteiger partial charge in [-0.3, -0.25) is 18.7 Å². The van der Waals surface area contributed by atoms with E-state index in [4.69, 9.17) is 19.4 Å². The lowest BCUT2D eigenvalue weighted by Gasteiger charge is -2.27. The summed E-state index contributed by atoms with van der Waals surface area (Å²) in [7, 11) is -9.84. The number of nitrogens with zero attached hydrogens (tertiary/aromatic N) is 6. The van der Waals surface area contributed by atoms with E-state index in [2.05, 4.69) is 59.9 Å². The van der Waals surface area contributed by atoms with Crippen LogP contribution in [0.2, 0.25) is 0 Å². The Hall–Kier alpha value is -5.56. The minimum absolute atomic E-state index is 0. The molecule has 1 aliphatic heterocycles. The Morgan fingerprint density at radius 2 is 1.55 bits per heavy atom. The lowest BCUT2D eigenvalue weighted by atomic mass is 10.1. The average Bonchev–Trinajstić information content (AvgIpc) is 3.24. The first-order valence-corrected chi connectivity index (χ1v) is 22.8. The van der Waals surface area contributed by atoms with E-state index >= 15 is 0 Å². The Bertz CT molecular complexity index is 2800. The maximum absolute atomic E-state index is 12.5. The number of morpholine rings is 1. The van der Waals surface area contributed by atoms with Crippen molar-refractivity contribution in [3.8, 4) is 5.75 Å². The van der Waals surface area contributed by atoms with Crippen LogP contribution in [0, 0.1) is 0 Å². The number of nitrogens with one attached hydrogen (secondary N) is 3. The first-order chi connectivity index (χ1) is 30.5. The summed E-state index contributed by atoms with van der Waals surface area (Å²) in [6.45, 7) is 2.70. The molecule has 4 aromatic carbocycles. The number of hydrogen-bond donors (Lipinski definition) is 8. The van der Waals surface area contributed by atoms with Crippen molar-refractivity contribution in [3.63, 3.8) is 0 Å². The predicted octanol–water partition coefficient (Wildman–Crippen LogP) is 5.14. The molecule has 2 heterocycles. The molecule has 1 aromatic heterocycles. The van der Waals surface area contributed by atoms with E-state index in [0.717, 1.165) is 49.3 Å². The van der Waals surface area contributed by atoms with Gasteiger partial charge in [0.2, 0.25) is 23.8 Å². The quantitative estimate of drug-likeness (QED) is 0.0132. The molecule has 348 valence electrons. The van der Waals surface area contributed by atoms with Crippen molar-refractivity contribution in [1.82, 2.24) is 15.0 Å². The highest BCUT2D eigenvalue weighted by atomic mass is 32.2. The molecule has 1 fully saturated rings. The minimum Gasteiger partial charge on any atom is -0.505 e. The van der Waals surface area contributed by atoms with Crippen molar-refractivity contribution in [2.45, 2.75) is 26.5 Å². The standard InChI is InChI=1S/C33H31N9O17S5.H2O/c1-17(43)34-24-15-22(63(48,49)50)11-18-12-25(62-59-57-47)29(30(45)28(18)24)41-40-23-14-20(5-6-26(23)64(51,52)53)36-32-37-31(38-33(39-32)42-7-9-54-10-8-42)35-19-3-2-4-21(13-19)61-55-27(44)16-60-58-56-46;/h2-6,11-15,45-47H,7-10,16H2,1H3,(H,34,43)(H,48,49,50)(H,51,52,53)(H2,35,36,37,38,39);1H2. The van der Waals surface area contributed by atoms with Crippen LogP contribution in [0.3, 0.4) is 0 Å². The summed E-state index contributed by atoms with van der Waals surface area (Å²) in [4.78, 5) is 38.2. The molecule has 1 saturated heterocycles. The van der Waals surface area contributed by atoms with Gasteiger partial charge < -0.3 is 40.4 Å². The molecule has 0 spiro atoms. The summed E-state index contributed by atoms with van der Waals surface area (Å²) < 4.78 is 88.3. The van der Waals surface area contributed by atoms with Crippen LogP contribution in [0.5, 0.6) is 5.75 Å². The van der Waals surface area contributed by atoms with Gasteiger partial charge in [-0.25, -0.2) is 10.5 Å². The number of phenolic OH excluding ortho intramolecular Hbond substituents is 1. The maximum Gasteiger partial charge on any atom is 0.330 e. The van der Waals surface area contributed by atoms with Crippen LogP contribution < -0.4 is 20.9 Å². The molecule has 0 aliphatic carbocycles. The third-order valence-electron chi connectivity index (χ3n) is 8.13.